The zero-order valence-corrected chi connectivity index (χ0v) is 11.2. The third kappa shape index (κ3) is 2.94. The molecule has 0 atom stereocenters. The standard InChI is InChI=1S/C16H18N2O/c1-16(2,12-6-4-3-5-7-12)15(19)18-14-10-8-13(17)9-11-14/h3-11H,17H2,1-2H3,(H,18,19). The van der Waals surface area contributed by atoms with Crippen molar-refractivity contribution < 1.29 is 4.79 Å². The van der Waals surface area contributed by atoms with Gasteiger partial charge in [0, 0.05) is 11.4 Å². The second-order valence-corrected chi connectivity index (χ2v) is 5.07. The van der Waals surface area contributed by atoms with Crippen LogP contribution in [-0.2, 0) is 10.2 Å². The number of nitrogens with two attached hydrogens (primary N) is 1. The minimum atomic E-state index is -0.581. The summed E-state index contributed by atoms with van der Waals surface area (Å²) in [5.74, 6) is -0.0385. The van der Waals surface area contributed by atoms with Crippen LogP contribution < -0.4 is 11.1 Å². The first-order chi connectivity index (χ1) is 9.00. The van der Waals surface area contributed by atoms with Gasteiger partial charge in [0.25, 0.3) is 0 Å². The maximum Gasteiger partial charge on any atom is 0.234 e. The Kier molecular flexibility index (Phi) is 3.56. The van der Waals surface area contributed by atoms with Crippen molar-refractivity contribution in [1.29, 1.82) is 0 Å². The number of nitrogen functional groups attached to an aromatic ring is 1. The summed E-state index contributed by atoms with van der Waals surface area (Å²) in [5, 5.41) is 2.91. The summed E-state index contributed by atoms with van der Waals surface area (Å²) in [6.45, 7) is 3.82. The lowest BCUT2D eigenvalue weighted by Gasteiger charge is -2.24. The van der Waals surface area contributed by atoms with Crippen molar-refractivity contribution in [2.75, 3.05) is 11.1 Å². The van der Waals surface area contributed by atoms with Gasteiger partial charge in [-0.1, -0.05) is 30.3 Å². The first kappa shape index (κ1) is 13.1. The van der Waals surface area contributed by atoms with Gasteiger partial charge in [-0.2, -0.15) is 0 Å². The van der Waals surface area contributed by atoms with E-state index in [0.717, 1.165) is 11.3 Å². The summed E-state index contributed by atoms with van der Waals surface area (Å²) in [5.41, 5.74) is 7.46. The van der Waals surface area contributed by atoms with Crippen molar-refractivity contribution in [2.24, 2.45) is 0 Å². The number of benzene rings is 2. The molecule has 0 spiro atoms. The van der Waals surface area contributed by atoms with Gasteiger partial charge in [0.1, 0.15) is 0 Å². The molecule has 2 rings (SSSR count). The van der Waals surface area contributed by atoms with Crippen LogP contribution in [0.5, 0.6) is 0 Å². The number of rotatable bonds is 3. The van der Waals surface area contributed by atoms with Gasteiger partial charge in [0.15, 0.2) is 0 Å². The first-order valence-corrected chi connectivity index (χ1v) is 6.22. The molecule has 0 aromatic heterocycles. The molecule has 0 unspecified atom stereocenters. The monoisotopic (exact) mass is 254 g/mol. The largest absolute Gasteiger partial charge is 0.399 e. The Morgan fingerprint density at radius 2 is 1.58 bits per heavy atom. The van der Waals surface area contributed by atoms with E-state index in [4.69, 9.17) is 5.73 Å². The number of nitrogens with one attached hydrogen (secondary N) is 1. The highest BCUT2D eigenvalue weighted by Gasteiger charge is 2.29. The predicted molar refractivity (Wildman–Crippen MR) is 79.0 cm³/mol. The number of carbonyl (C=O) groups is 1. The molecule has 2 aromatic rings. The zero-order valence-electron chi connectivity index (χ0n) is 11.2. The van der Waals surface area contributed by atoms with Crippen molar-refractivity contribution in [3.8, 4) is 0 Å². The van der Waals surface area contributed by atoms with Crippen LogP contribution in [0.15, 0.2) is 54.6 Å². The Labute approximate surface area is 113 Å². The Hall–Kier alpha value is -2.29. The molecular formula is C16H18N2O. The number of hydrogen-bond donors (Lipinski definition) is 2. The second-order valence-electron chi connectivity index (χ2n) is 5.07. The molecule has 0 heterocycles. The Morgan fingerprint density at radius 1 is 1.00 bits per heavy atom. The maximum absolute atomic E-state index is 12.4. The van der Waals surface area contributed by atoms with Gasteiger partial charge >= 0.3 is 0 Å². The normalized spacial score (nSPS) is 11.1. The third-order valence-corrected chi connectivity index (χ3v) is 3.23. The lowest BCUT2D eigenvalue weighted by atomic mass is 9.83. The fourth-order valence-corrected chi connectivity index (χ4v) is 1.84. The first-order valence-electron chi connectivity index (χ1n) is 6.22. The molecule has 2 aromatic carbocycles. The average Bonchev–Trinajstić information content (AvgIpc) is 2.42. The molecule has 0 aliphatic rings. The zero-order chi connectivity index (χ0) is 13.9. The predicted octanol–water partition coefficient (Wildman–Crippen LogP) is 3.19. The minimum absolute atomic E-state index is 0.0385. The molecule has 3 N–H and O–H groups in total. The highest BCUT2D eigenvalue weighted by Crippen LogP contribution is 2.25. The fourth-order valence-electron chi connectivity index (χ4n) is 1.84. The Bertz CT molecular complexity index is 559. The van der Waals surface area contributed by atoms with Gasteiger partial charge in [-0.3, -0.25) is 4.79 Å². The van der Waals surface area contributed by atoms with E-state index >= 15 is 0 Å². The van der Waals surface area contributed by atoms with Crippen molar-refractivity contribution in [3.63, 3.8) is 0 Å². The van der Waals surface area contributed by atoms with Crippen LogP contribution in [0, 0.1) is 0 Å². The van der Waals surface area contributed by atoms with Gasteiger partial charge in [0.05, 0.1) is 5.41 Å². The van der Waals surface area contributed by atoms with Gasteiger partial charge in [-0.15, -0.1) is 0 Å². The summed E-state index contributed by atoms with van der Waals surface area (Å²) < 4.78 is 0. The molecule has 1 amide bonds. The highest BCUT2D eigenvalue weighted by molar-refractivity contribution is 5.98. The molecule has 0 bridgehead atoms. The maximum atomic E-state index is 12.4. The Morgan fingerprint density at radius 3 is 2.16 bits per heavy atom. The van der Waals surface area contributed by atoms with E-state index in [-0.39, 0.29) is 5.91 Å². The van der Waals surface area contributed by atoms with Crippen LogP contribution in [0.25, 0.3) is 0 Å². The topological polar surface area (TPSA) is 55.1 Å². The summed E-state index contributed by atoms with van der Waals surface area (Å²) in [7, 11) is 0. The summed E-state index contributed by atoms with van der Waals surface area (Å²) in [6, 6.07) is 16.9. The quantitative estimate of drug-likeness (QED) is 0.826. The minimum Gasteiger partial charge on any atom is -0.399 e. The molecule has 0 saturated heterocycles. The number of anilines is 2. The van der Waals surface area contributed by atoms with E-state index in [1.807, 2.05) is 44.2 Å². The number of carbonyl (C=O) groups excluding carboxylic acids is 1. The highest BCUT2D eigenvalue weighted by atomic mass is 16.2. The van der Waals surface area contributed by atoms with Crippen LogP contribution in [0.3, 0.4) is 0 Å². The van der Waals surface area contributed by atoms with Crippen molar-refractivity contribution in [1.82, 2.24) is 0 Å². The van der Waals surface area contributed by atoms with E-state index in [2.05, 4.69) is 5.32 Å². The molecule has 0 aliphatic carbocycles. The Balaban J connectivity index is 2.17. The van der Waals surface area contributed by atoms with Gasteiger partial charge in [0.2, 0.25) is 5.91 Å². The fraction of sp³-hybridized carbons (Fsp3) is 0.188. The van der Waals surface area contributed by atoms with E-state index in [1.165, 1.54) is 0 Å². The van der Waals surface area contributed by atoms with Gasteiger partial charge in [-0.25, -0.2) is 0 Å². The van der Waals surface area contributed by atoms with Crippen LogP contribution in [0.2, 0.25) is 0 Å². The molecular weight excluding hydrogens is 236 g/mol. The smallest absolute Gasteiger partial charge is 0.234 e. The molecule has 0 fully saturated rings. The lowest BCUT2D eigenvalue weighted by Crippen LogP contribution is -2.34. The molecule has 0 saturated carbocycles. The van der Waals surface area contributed by atoms with Gasteiger partial charge in [-0.05, 0) is 43.7 Å². The number of amides is 1. The van der Waals surface area contributed by atoms with Crippen molar-refractivity contribution in [2.45, 2.75) is 19.3 Å². The van der Waals surface area contributed by atoms with Crippen LogP contribution in [0.1, 0.15) is 19.4 Å². The third-order valence-electron chi connectivity index (χ3n) is 3.23. The van der Waals surface area contributed by atoms with E-state index in [0.29, 0.717) is 5.69 Å². The van der Waals surface area contributed by atoms with Crippen LogP contribution >= 0.6 is 0 Å². The van der Waals surface area contributed by atoms with Crippen LogP contribution in [0.4, 0.5) is 11.4 Å². The van der Waals surface area contributed by atoms with E-state index < -0.39 is 5.41 Å². The molecule has 3 heteroatoms. The van der Waals surface area contributed by atoms with Crippen molar-refractivity contribution in [3.05, 3.63) is 60.2 Å². The molecule has 0 aliphatic heterocycles. The van der Waals surface area contributed by atoms with E-state index in [1.54, 1.807) is 24.3 Å². The van der Waals surface area contributed by atoms with Crippen molar-refractivity contribution >= 4 is 17.3 Å². The molecule has 0 radical (unpaired) electrons. The molecule has 98 valence electrons. The lowest BCUT2D eigenvalue weighted by molar-refractivity contribution is -0.120. The van der Waals surface area contributed by atoms with Crippen LogP contribution in [-0.4, -0.2) is 5.91 Å². The number of hydrogen-bond acceptors (Lipinski definition) is 2. The summed E-state index contributed by atoms with van der Waals surface area (Å²) in [4.78, 5) is 12.4. The average molecular weight is 254 g/mol. The second kappa shape index (κ2) is 5.14. The summed E-state index contributed by atoms with van der Waals surface area (Å²) >= 11 is 0. The SMILES string of the molecule is CC(C)(C(=O)Nc1ccc(N)cc1)c1ccccc1. The summed E-state index contributed by atoms with van der Waals surface area (Å²) in [6.07, 6.45) is 0. The van der Waals surface area contributed by atoms with E-state index in [9.17, 15) is 4.79 Å². The molecule has 3 nitrogen and oxygen atoms in total. The van der Waals surface area contributed by atoms with Gasteiger partial charge < -0.3 is 11.1 Å². The molecule has 19 heavy (non-hydrogen) atoms.